The fourth-order valence-corrected chi connectivity index (χ4v) is 3.67. The molecule has 1 fully saturated rings. The lowest BCUT2D eigenvalue weighted by Gasteiger charge is -2.09. The van der Waals surface area contributed by atoms with Gasteiger partial charge in [0.05, 0.1) is 17.2 Å². The van der Waals surface area contributed by atoms with Crippen molar-refractivity contribution in [2.75, 3.05) is 13.7 Å². The number of ether oxygens (including phenoxy) is 1. The Labute approximate surface area is 168 Å². The third kappa shape index (κ3) is 4.93. The summed E-state index contributed by atoms with van der Waals surface area (Å²) in [5.41, 5.74) is 1.61. The van der Waals surface area contributed by atoms with Crippen molar-refractivity contribution >= 4 is 46.2 Å². The number of rotatable bonds is 6. The van der Waals surface area contributed by atoms with Crippen LogP contribution in [0.4, 0.5) is 5.69 Å². The minimum absolute atomic E-state index is 0.0795. The van der Waals surface area contributed by atoms with Gasteiger partial charge in [-0.25, -0.2) is 4.99 Å². The molecule has 0 N–H and O–H groups in total. The quantitative estimate of drug-likeness (QED) is 0.457. The van der Waals surface area contributed by atoms with Crippen molar-refractivity contribution in [2.45, 2.75) is 19.8 Å². The van der Waals surface area contributed by atoms with Crippen LogP contribution in [0.3, 0.4) is 0 Å². The maximum Gasteiger partial charge on any atom is 0.266 e. The van der Waals surface area contributed by atoms with Crippen molar-refractivity contribution in [3.63, 3.8) is 0 Å². The summed E-state index contributed by atoms with van der Waals surface area (Å²) < 4.78 is 5.86. The Hall–Kier alpha value is -2.24. The summed E-state index contributed by atoms with van der Waals surface area (Å²) in [6.45, 7) is 2.79. The van der Waals surface area contributed by atoms with Crippen LogP contribution < -0.4 is 4.74 Å². The summed E-state index contributed by atoms with van der Waals surface area (Å²) in [7, 11) is 1.73. The molecule has 140 valence electrons. The van der Waals surface area contributed by atoms with E-state index in [1.807, 2.05) is 42.5 Å². The molecular weight excluding hydrogens is 380 g/mol. The van der Waals surface area contributed by atoms with E-state index in [-0.39, 0.29) is 5.91 Å². The first-order valence-corrected chi connectivity index (χ1v) is 10.0. The number of benzene rings is 2. The summed E-state index contributed by atoms with van der Waals surface area (Å²) in [5.74, 6) is 0.707. The van der Waals surface area contributed by atoms with E-state index in [1.54, 1.807) is 24.1 Å². The van der Waals surface area contributed by atoms with Crippen molar-refractivity contribution in [3.8, 4) is 5.75 Å². The molecule has 0 radical (unpaired) electrons. The fourth-order valence-electron chi connectivity index (χ4n) is 2.51. The third-order valence-corrected chi connectivity index (χ3v) is 5.29. The van der Waals surface area contributed by atoms with E-state index in [9.17, 15) is 4.79 Å². The van der Waals surface area contributed by atoms with Gasteiger partial charge in [-0.2, -0.15) is 0 Å². The highest BCUT2D eigenvalue weighted by molar-refractivity contribution is 8.18. The second-order valence-corrected chi connectivity index (χ2v) is 7.53. The number of amidine groups is 1. The van der Waals surface area contributed by atoms with Crippen molar-refractivity contribution in [3.05, 3.63) is 64.0 Å². The zero-order chi connectivity index (χ0) is 19.2. The topological polar surface area (TPSA) is 41.9 Å². The van der Waals surface area contributed by atoms with Crippen LogP contribution in [0.1, 0.15) is 25.3 Å². The largest absolute Gasteiger partial charge is 0.493 e. The first kappa shape index (κ1) is 19.5. The molecule has 2 aromatic carbocycles. The van der Waals surface area contributed by atoms with Gasteiger partial charge in [-0.1, -0.05) is 49.2 Å². The van der Waals surface area contributed by atoms with E-state index in [0.29, 0.717) is 27.4 Å². The number of halogens is 1. The number of carbonyl (C=O) groups is 1. The van der Waals surface area contributed by atoms with E-state index in [4.69, 9.17) is 16.3 Å². The van der Waals surface area contributed by atoms with E-state index in [1.165, 1.54) is 11.8 Å². The van der Waals surface area contributed by atoms with Crippen molar-refractivity contribution in [1.29, 1.82) is 0 Å². The van der Waals surface area contributed by atoms with Crippen molar-refractivity contribution in [2.24, 2.45) is 4.99 Å². The maximum absolute atomic E-state index is 12.6. The van der Waals surface area contributed by atoms with E-state index < -0.39 is 0 Å². The number of hydrogen-bond donors (Lipinski definition) is 0. The summed E-state index contributed by atoms with van der Waals surface area (Å²) in [5, 5.41) is 1.24. The Bertz CT molecular complexity index is 895. The molecule has 1 heterocycles. The average molecular weight is 401 g/mol. The Morgan fingerprint density at radius 2 is 2.04 bits per heavy atom. The molecule has 3 rings (SSSR count). The Balaban J connectivity index is 1.85. The molecule has 0 aromatic heterocycles. The summed E-state index contributed by atoms with van der Waals surface area (Å²) in [4.78, 5) is 19.4. The molecule has 0 aliphatic carbocycles. The molecule has 1 aliphatic heterocycles. The maximum atomic E-state index is 12.6. The molecule has 0 unspecified atom stereocenters. The number of unbranched alkanes of at least 4 members (excludes halogenated alkanes) is 1. The molecule has 1 aliphatic rings. The second-order valence-electron chi connectivity index (χ2n) is 6.09. The number of thioether (sulfide) groups is 1. The molecule has 0 spiro atoms. The van der Waals surface area contributed by atoms with Gasteiger partial charge in [0.25, 0.3) is 5.91 Å². The Kier molecular flexibility index (Phi) is 6.58. The van der Waals surface area contributed by atoms with E-state index in [0.717, 1.165) is 24.2 Å². The standard InChI is InChI=1S/C21H21ClN2O2S/c1-3-4-12-26-18-11-6-5-8-15(18)13-19-20(25)24(2)21(27-19)23-17-10-7-9-16(22)14-17/h5-11,13-14H,3-4,12H2,1-2H3/b19-13+,23-21?. The zero-order valence-electron chi connectivity index (χ0n) is 15.3. The van der Waals surface area contributed by atoms with Crippen LogP contribution in [0.2, 0.25) is 5.02 Å². The van der Waals surface area contributed by atoms with Gasteiger partial charge in [-0.3, -0.25) is 9.69 Å². The highest BCUT2D eigenvalue weighted by atomic mass is 35.5. The zero-order valence-corrected chi connectivity index (χ0v) is 16.9. The van der Waals surface area contributed by atoms with Gasteiger partial charge in [0.2, 0.25) is 0 Å². The average Bonchev–Trinajstić information content (AvgIpc) is 2.91. The molecule has 1 saturated heterocycles. The first-order chi connectivity index (χ1) is 13.1. The Morgan fingerprint density at radius 3 is 2.81 bits per heavy atom. The summed E-state index contributed by atoms with van der Waals surface area (Å²) in [6, 6.07) is 15.0. The number of para-hydroxylation sites is 1. The minimum Gasteiger partial charge on any atom is -0.493 e. The minimum atomic E-state index is -0.0795. The van der Waals surface area contributed by atoms with Gasteiger partial charge in [-0.05, 0) is 48.5 Å². The highest BCUT2D eigenvalue weighted by Gasteiger charge is 2.30. The van der Waals surface area contributed by atoms with Crippen LogP contribution >= 0.6 is 23.4 Å². The lowest BCUT2D eigenvalue weighted by molar-refractivity contribution is -0.121. The summed E-state index contributed by atoms with van der Waals surface area (Å²) >= 11 is 7.37. The number of amides is 1. The van der Waals surface area contributed by atoms with Crippen LogP contribution in [0.15, 0.2) is 58.4 Å². The monoisotopic (exact) mass is 400 g/mol. The van der Waals surface area contributed by atoms with Crippen LogP contribution in [0.5, 0.6) is 5.75 Å². The molecule has 0 atom stereocenters. The predicted octanol–water partition coefficient (Wildman–Crippen LogP) is 5.75. The molecule has 4 nitrogen and oxygen atoms in total. The van der Waals surface area contributed by atoms with Crippen LogP contribution in [-0.2, 0) is 4.79 Å². The molecule has 0 bridgehead atoms. The van der Waals surface area contributed by atoms with Gasteiger partial charge >= 0.3 is 0 Å². The third-order valence-electron chi connectivity index (χ3n) is 4.00. The number of likely N-dealkylation sites (N-methyl/N-ethyl adjacent to an activating group) is 1. The van der Waals surface area contributed by atoms with Crippen molar-refractivity contribution in [1.82, 2.24) is 4.90 Å². The summed E-state index contributed by atoms with van der Waals surface area (Å²) in [6.07, 6.45) is 3.94. The predicted molar refractivity (Wildman–Crippen MR) is 114 cm³/mol. The second kappa shape index (κ2) is 9.11. The number of hydrogen-bond acceptors (Lipinski definition) is 4. The molecule has 27 heavy (non-hydrogen) atoms. The van der Waals surface area contributed by atoms with Crippen LogP contribution in [-0.4, -0.2) is 29.6 Å². The molecule has 2 aromatic rings. The van der Waals surface area contributed by atoms with Gasteiger partial charge in [-0.15, -0.1) is 0 Å². The molecule has 6 heteroatoms. The number of aliphatic imine (C=N–C) groups is 1. The lowest BCUT2D eigenvalue weighted by atomic mass is 10.2. The molecular formula is C21H21ClN2O2S. The van der Waals surface area contributed by atoms with E-state index >= 15 is 0 Å². The fraction of sp³-hybridized carbons (Fsp3) is 0.238. The molecule has 0 saturated carbocycles. The SMILES string of the molecule is CCCCOc1ccccc1/C=C1/SC(=Nc2cccc(Cl)c2)N(C)C1=O. The highest BCUT2D eigenvalue weighted by Crippen LogP contribution is 2.35. The van der Waals surface area contributed by atoms with Gasteiger partial charge in [0, 0.05) is 17.6 Å². The normalized spacial score (nSPS) is 17.1. The van der Waals surface area contributed by atoms with Crippen molar-refractivity contribution < 1.29 is 9.53 Å². The number of nitrogens with zero attached hydrogens (tertiary/aromatic N) is 2. The van der Waals surface area contributed by atoms with Crippen LogP contribution in [0.25, 0.3) is 6.08 Å². The van der Waals surface area contributed by atoms with Gasteiger partial charge < -0.3 is 4.74 Å². The number of carbonyl (C=O) groups excluding carboxylic acids is 1. The van der Waals surface area contributed by atoms with Gasteiger partial charge in [0.15, 0.2) is 5.17 Å². The first-order valence-electron chi connectivity index (χ1n) is 8.82. The van der Waals surface area contributed by atoms with Gasteiger partial charge in [0.1, 0.15) is 5.75 Å². The molecule has 1 amide bonds. The van der Waals surface area contributed by atoms with Crippen LogP contribution in [0, 0.1) is 0 Å². The van der Waals surface area contributed by atoms with E-state index in [2.05, 4.69) is 11.9 Å². The Morgan fingerprint density at radius 1 is 1.22 bits per heavy atom. The smallest absolute Gasteiger partial charge is 0.266 e. The lowest BCUT2D eigenvalue weighted by Crippen LogP contribution is -2.23.